The summed E-state index contributed by atoms with van der Waals surface area (Å²) < 4.78 is 0. The van der Waals surface area contributed by atoms with Gasteiger partial charge in [0.15, 0.2) is 0 Å². The van der Waals surface area contributed by atoms with Crippen LogP contribution in [0.25, 0.3) is 12.2 Å². The van der Waals surface area contributed by atoms with E-state index >= 15 is 0 Å². The van der Waals surface area contributed by atoms with E-state index in [0.29, 0.717) is 0 Å². The van der Waals surface area contributed by atoms with Gasteiger partial charge < -0.3 is 10.1 Å². The molecule has 64 valence electrons. The summed E-state index contributed by atoms with van der Waals surface area (Å²) in [6.45, 7) is 1.78. The number of fused-ring (bicyclic) bond motifs is 1. The average Bonchev–Trinajstić information content (AvgIpc) is 2.46. The van der Waals surface area contributed by atoms with E-state index in [9.17, 15) is 5.11 Å². The van der Waals surface area contributed by atoms with Gasteiger partial charge in [0.25, 0.3) is 0 Å². The van der Waals surface area contributed by atoms with Crippen molar-refractivity contribution in [3.8, 4) is 0 Å². The highest BCUT2D eigenvalue weighted by molar-refractivity contribution is 5.37. The van der Waals surface area contributed by atoms with Gasteiger partial charge in [-0.05, 0) is 31.1 Å². The van der Waals surface area contributed by atoms with Crippen LogP contribution in [0.5, 0.6) is 0 Å². The van der Waals surface area contributed by atoms with Crippen LogP contribution in [0.2, 0.25) is 0 Å². The van der Waals surface area contributed by atoms with E-state index < -0.39 is 6.10 Å². The summed E-state index contributed by atoms with van der Waals surface area (Å²) in [4.78, 5) is 3.20. The molecule has 1 atom stereocenters. The average molecular weight is 163 g/mol. The lowest BCUT2D eigenvalue weighted by Gasteiger charge is -1.97. The normalized spacial score (nSPS) is 17.5. The molecular formula is C10H13NO. The van der Waals surface area contributed by atoms with Crippen LogP contribution in [0, 0.1) is 0 Å². The van der Waals surface area contributed by atoms with E-state index in [2.05, 4.69) is 17.1 Å². The van der Waals surface area contributed by atoms with Gasteiger partial charge in [-0.25, -0.2) is 0 Å². The molecule has 0 radical (unpaired) electrons. The highest BCUT2D eigenvalue weighted by atomic mass is 16.3. The van der Waals surface area contributed by atoms with E-state index in [1.54, 1.807) is 6.92 Å². The predicted molar refractivity (Wildman–Crippen MR) is 48.8 cm³/mol. The van der Waals surface area contributed by atoms with Gasteiger partial charge in [-0.2, -0.15) is 0 Å². The number of aromatic nitrogens is 1. The Morgan fingerprint density at radius 3 is 2.83 bits per heavy atom. The summed E-state index contributed by atoms with van der Waals surface area (Å²) in [6, 6.07) is 2.02. The molecule has 0 saturated carbocycles. The van der Waals surface area contributed by atoms with Crippen molar-refractivity contribution in [3.63, 3.8) is 0 Å². The molecule has 0 saturated heterocycles. The zero-order valence-corrected chi connectivity index (χ0v) is 7.17. The first-order chi connectivity index (χ1) is 5.77. The summed E-state index contributed by atoms with van der Waals surface area (Å²) in [6.07, 6.45) is 6.22. The second-order valence-corrected chi connectivity index (χ2v) is 3.26. The number of rotatable bonds is 1. The molecule has 0 bridgehead atoms. The first-order valence-corrected chi connectivity index (χ1v) is 4.35. The van der Waals surface area contributed by atoms with E-state index in [0.717, 1.165) is 23.9 Å². The number of H-pyrrole nitrogens is 1. The molecule has 1 aliphatic rings. The molecule has 1 aromatic heterocycles. The van der Waals surface area contributed by atoms with Crippen LogP contribution in [0.4, 0.5) is 0 Å². The van der Waals surface area contributed by atoms with Crippen molar-refractivity contribution in [2.24, 2.45) is 0 Å². The Hall–Kier alpha value is -1.02. The molecule has 2 N–H and O–H groups in total. The molecule has 1 aromatic rings. The van der Waals surface area contributed by atoms with Crippen LogP contribution < -0.4 is 10.6 Å². The number of aliphatic hydroxyl groups excluding tert-OH is 1. The van der Waals surface area contributed by atoms with Crippen LogP contribution in [0.15, 0.2) is 6.07 Å². The summed E-state index contributed by atoms with van der Waals surface area (Å²) in [5, 5.41) is 11.7. The lowest BCUT2D eigenvalue weighted by Crippen LogP contribution is -2.23. The highest BCUT2D eigenvalue weighted by Crippen LogP contribution is 2.04. The van der Waals surface area contributed by atoms with Gasteiger partial charge in [-0.3, -0.25) is 0 Å². The van der Waals surface area contributed by atoms with Crippen molar-refractivity contribution in [2.45, 2.75) is 25.9 Å². The molecule has 1 heterocycles. The fourth-order valence-electron chi connectivity index (χ4n) is 1.54. The van der Waals surface area contributed by atoms with E-state index in [4.69, 9.17) is 0 Å². The van der Waals surface area contributed by atoms with Crippen molar-refractivity contribution >= 4 is 12.2 Å². The standard InChI is InChI=1S/C10H13NO/c1-7(12)10-6-8-4-2-3-5-9(8)11-10/h4-7,11-12H,2-3H2,1H3. The second-order valence-electron chi connectivity index (χ2n) is 3.26. The van der Waals surface area contributed by atoms with Crippen molar-refractivity contribution in [2.75, 3.05) is 0 Å². The Morgan fingerprint density at radius 1 is 1.42 bits per heavy atom. The summed E-state index contributed by atoms with van der Waals surface area (Å²) >= 11 is 0. The lowest BCUT2D eigenvalue weighted by molar-refractivity contribution is 0.195. The number of hydrogen-bond donors (Lipinski definition) is 2. The minimum atomic E-state index is -0.391. The van der Waals surface area contributed by atoms with E-state index in [-0.39, 0.29) is 0 Å². The minimum absolute atomic E-state index is 0.391. The summed E-state index contributed by atoms with van der Waals surface area (Å²) in [7, 11) is 0. The van der Waals surface area contributed by atoms with Gasteiger partial charge in [0.1, 0.15) is 0 Å². The molecule has 12 heavy (non-hydrogen) atoms. The lowest BCUT2D eigenvalue weighted by atomic mass is 10.2. The fourth-order valence-corrected chi connectivity index (χ4v) is 1.54. The van der Waals surface area contributed by atoms with Crippen molar-refractivity contribution in [1.29, 1.82) is 0 Å². The Bertz CT molecular complexity index is 353. The minimum Gasteiger partial charge on any atom is -0.387 e. The third-order valence-corrected chi connectivity index (χ3v) is 2.23. The van der Waals surface area contributed by atoms with Crippen LogP contribution in [0.3, 0.4) is 0 Å². The van der Waals surface area contributed by atoms with Gasteiger partial charge in [-0.1, -0.05) is 12.2 Å². The third kappa shape index (κ3) is 1.18. The molecule has 1 unspecified atom stereocenters. The molecule has 2 rings (SSSR count). The molecular weight excluding hydrogens is 150 g/mol. The van der Waals surface area contributed by atoms with Crippen LogP contribution in [-0.4, -0.2) is 10.1 Å². The Morgan fingerprint density at radius 2 is 2.17 bits per heavy atom. The molecule has 0 amide bonds. The quantitative estimate of drug-likeness (QED) is 0.618. The van der Waals surface area contributed by atoms with Crippen LogP contribution in [0.1, 0.15) is 31.6 Å². The first kappa shape index (κ1) is 7.62. The highest BCUT2D eigenvalue weighted by Gasteiger charge is 2.03. The zero-order valence-electron chi connectivity index (χ0n) is 7.17. The fraction of sp³-hybridized carbons (Fsp3) is 0.400. The molecule has 0 aromatic carbocycles. The SMILES string of the molecule is CC(O)c1cc2c([nH]1)=CCCC=2. The van der Waals surface area contributed by atoms with E-state index in [1.807, 2.05) is 6.07 Å². The molecule has 0 spiro atoms. The second kappa shape index (κ2) is 2.79. The molecule has 0 aliphatic heterocycles. The number of hydrogen-bond acceptors (Lipinski definition) is 1. The van der Waals surface area contributed by atoms with Gasteiger partial charge >= 0.3 is 0 Å². The van der Waals surface area contributed by atoms with Crippen LogP contribution in [-0.2, 0) is 0 Å². The molecule has 2 heteroatoms. The third-order valence-electron chi connectivity index (χ3n) is 2.23. The maximum absolute atomic E-state index is 9.31. The van der Waals surface area contributed by atoms with Gasteiger partial charge in [0.2, 0.25) is 0 Å². The maximum Gasteiger partial charge on any atom is 0.0910 e. The van der Waals surface area contributed by atoms with Crippen LogP contribution >= 0.6 is 0 Å². The summed E-state index contributed by atoms with van der Waals surface area (Å²) in [5.74, 6) is 0. The topological polar surface area (TPSA) is 36.0 Å². The largest absolute Gasteiger partial charge is 0.387 e. The van der Waals surface area contributed by atoms with Crippen molar-refractivity contribution in [1.82, 2.24) is 4.98 Å². The number of aromatic amines is 1. The maximum atomic E-state index is 9.31. The summed E-state index contributed by atoms with van der Waals surface area (Å²) in [5.41, 5.74) is 0.911. The predicted octanol–water partition coefficient (Wildman–Crippen LogP) is 0.423. The Balaban J connectivity index is 2.60. The van der Waals surface area contributed by atoms with Gasteiger partial charge in [0, 0.05) is 11.0 Å². The van der Waals surface area contributed by atoms with Gasteiger partial charge in [0.05, 0.1) is 6.10 Å². The van der Waals surface area contributed by atoms with Gasteiger partial charge in [-0.15, -0.1) is 0 Å². The molecule has 1 aliphatic carbocycles. The zero-order chi connectivity index (χ0) is 8.55. The first-order valence-electron chi connectivity index (χ1n) is 4.35. The van der Waals surface area contributed by atoms with Crippen molar-refractivity contribution < 1.29 is 5.11 Å². The Kier molecular flexibility index (Phi) is 1.77. The monoisotopic (exact) mass is 163 g/mol. The van der Waals surface area contributed by atoms with E-state index in [1.165, 1.54) is 5.22 Å². The van der Waals surface area contributed by atoms with Crippen molar-refractivity contribution in [3.05, 3.63) is 22.3 Å². The number of aliphatic hydroxyl groups is 1. The number of nitrogens with one attached hydrogen (secondary N) is 1. The smallest absolute Gasteiger partial charge is 0.0910 e. The molecule has 2 nitrogen and oxygen atoms in total. The Labute approximate surface area is 71.2 Å². The molecule has 0 fully saturated rings.